The molecule has 0 aliphatic carbocycles. The molecule has 138 valence electrons. The molecule has 0 aromatic heterocycles. The lowest BCUT2D eigenvalue weighted by Crippen LogP contribution is -2.46. The zero-order chi connectivity index (χ0) is 18.7. The normalized spacial score (nSPS) is 18.0. The van der Waals surface area contributed by atoms with Crippen molar-refractivity contribution >= 4 is 11.6 Å². The van der Waals surface area contributed by atoms with E-state index in [2.05, 4.69) is 5.32 Å². The first kappa shape index (κ1) is 17.7. The molecule has 1 amide bonds. The average Bonchev–Trinajstić information content (AvgIpc) is 2.66. The molecule has 0 saturated heterocycles. The monoisotopic (exact) mass is 359 g/mol. The number of methoxy groups -OCH3 is 3. The minimum absolute atomic E-state index is 0.332. The summed E-state index contributed by atoms with van der Waals surface area (Å²) < 4.78 is 27.5. The Balaban J connectivity index is 1.82. The summed E-state index contributed by atoms with van der Waals surface area (Å²) in [6.45, 7) is 1.79. The smallest absolute Gasteiger partial charge is 0.269 e. The van der Waals surface area contributed by atoms with Crippen molar-refractivity contribution in [1.82, 2.24) is 0 Å². The fourth-order valence-electron chi connectivity index (χ4n) is 2.77. The lowest BCUT2D eigenvalue weighted by molar-refractivity contribution is -0.128. The number of benzene rings is 2. The number of anilines is 1. The van der Waals surface area contributed by atoms with Crippen molar-refractivity contribution in [2.45, 2.75) is 19.1 Å². The molecule has 2 atom stereocenters. The van der Waals surface area contributed by atoms with Crippen LogP contribution in [0.1, 0.15) is 6.92 Å². The van der Waals surface area contributed by atoms with Gasteiger partial charge in [0.1, 0.15) is 6.10 Å². The molecule has 3 rings (SSSR count). The summed E-state index contributed by atoms with van der Waals surface area (Å²) >= 11 is 0. The third-order valence-electron chi connectivity index (χ3n) is 4.03. The van der Waals surface area contributed by atoms with Crippen molar-refractivity contribution < 1.29 is 28.5 Å². The predicted octanol–water partition coefficient (Wildman–Crippen LogP) is 2.88. The first-order chi connectivity index (χ1) is 12.6. The molecular formula is C19H21NO6. The van der Waals surface area contributed by atoms with E-state index in [1.807, 2.05) is 12.1 Å². The number of nitrogens with one attached hydrogen (secondary N) is 1. The molecule has 0 fully saturated rings. The van der Waals surface area contributed by atoms with Crippen LogP contribution >= 0.6 is 0 Å². The van der Waals surface area contributed by atoms with E-state index in [1.54, 1.807) is 31.2 Å². The number of rotatable bonds is 5. The van der Waals surface area contributed by atoms with E-state index >= 15 is 0 Å². The van der Waals surface area contributed by atoms with Gasteiger partial charge < -0.3 is 29.0 Å². The molecule has 1 heterocycles. The van der Waals surface area contributed by atoms with Crippen molar-refractivity contribution in [3.8, 4) is 28.7 Å². The van der Waals surface area contributed by atoms with Gasteiger partial charge in [0, 0.05) is 17.8 Å². The van der Waals surface area contributed by atoms with Crippen LogP contribution in [0.3, 0.4) is 0 Å². The van der Waals surface area contributed by atoms with Crippen LogP contribution in [0.15, 0.2) is 36.4 Å². The highest BCUT2D eigenvalue weighted by Gasteiger charge is 2.34. The molecule has 1 aliphatic heterocycles. The second kappa shape index (κ2) is 7.43. The van der Waals surface area contributed by atoms with Gasteiger partial charge in [0.25, 0.3) is 5.91 Å². The number of carbonyl (C=O) groups is 1. The van der Waals surface area contributed by atoms with E-state index in [0.717, 1.165) is 0 Å². The van der Waals surface area contributed by atoms with Crippen molar-refractivity contribution in [3.63, 3.8) is 0 Å². The van der Waals surface area contributed by atoms with Gasteiger partial charge in [0.2, 0.25) is 11.9 Å². The summed E-state index contributed by atoms with van der Waals surface area (Å²) in [6.07, 6.45) is -1.23. The fraction of sp³-hybridized carbons (Fsp3) is 0.316. The largest absolute Gasteiger partial charge is 0.493 e. The Morgan fingerprint density at radius 3 is 2.08 bits per heavy atom. The zero-order valence-corrected chi connectivity index (χ0v) is 15.1. The number of amides is 1. The lowest BCUT2D eigenvalue weighted by Gasteiger charge is -2.31. The van der Waals surface area contributed by atoms with Gasteiger partial charge in [-0.1, -0.05) is 12.1 Å². The van der Waals surface area contributed by atoms with E-state index in [9.17, 15) is 4.79 Å². The first-order valence-corrected chi connectivity index (χ1v) is 8.10. The summed E-state index contributed by atoms with van der Waals surface area (Å²) in [6, 6.07) is 10.6. The van der Waals surface area contributed by atoms with E-state index in [-0.39, 0.29) is 5.91 Å². The summed E-state index contributed by atoms with van der Waals surface area (Å²) in [5.74, 6) is 2.17. The minimum Gasteiger partial charge on any atom is -0.493 e. The van der Waals surface area contributed by atoms with Crippen molar-refractivity contribution in [1.29, 1.82) is 0 Å². The quantitative estimate of drug-likeness (QED) is 0.885. The molecule has 2 unspecified atom stereocenters. The third kappa shape index (κ3) is 3.33. The minimum atomic E-state index is -0.788. The Kier molecular flexibility index (Phi) is 5.06. The molecule has 1 N–H and O–H groups in total. The highest BCUT2D eigenvalue weighted by atomic mass is 16.6. The zero-order valence-electron chi connectivity index (χ0n) is 15.1. The van der Waals surface area contributed by atoms with E-state index in [4.69, 9.17) is 23.7 Å². The average molecular weight is 359 g/mol. The van der Waals surface area contributed by atoms with Gasteiger partial charge in [0.15, 0.2) is 23.0 Å². The second-order valence-electron chi connectivity index (χ2n) is 5.71. The van der Waals surface area contributed by atoms with E-state index < -0.39 is 12.2 Å². The molecule has 1 aliphatic rings. The van der Waals surface area contributed by atoms with E-state index in [0.29, 0.717) is 34.4 Å². The van der Waals surface area contributed by atoms with Gasteiger partial charge >= 0.3 is 0 Å². The first-order valence-electron chi connectivity index (χ1n) is 8.10. The maximum Gasteiger partial charge on any atom is 0.269 e. The standard InChI is InChI=1S/C19H21NO6/c1-11-17(26-14-8-6-5-7-13(14)25-11)19(21)20-12-9-15(22-2)18(24-4)16(10-12)23-3/h5-11,17H,1-4H3,(H,20,21). The van der Waals surface area contributed by atoms with Crippen LogP contribution in [0.5, 0.6) is 28.7 Å². The van der Waals surface area contributed by atoms with Crippen LogP contribution in [0.4, 0.5) is 5.69 Å². The number of hydrogen-bond acceptors (Lipinski definition) is 6. The lowest BCUT2D eigenvalue weighted by atomic mass is 10.1. The van der Waals surface area contributed by atoms with E-state index in [1.165, 1.54) is 21.3 Å². The molecule has 7 nitrogen and oxygen atoms in total. The summed E-state index contributed by atoms with van der Waals surface area (Å²) in [4.78, 5) is 12.7. The molecule has 0 saturated carbocycles. The number of fused-ring (bicyclic) bond motifs is 1. The van der Waals surface area contributed by atoms with Crippen LogP contribution in [0.2, 0.25) is 0 Å². The van der Waals surface area contributed by atoms with Crippen LogP contribution in [0.25, 0.3) is 0 Å². The Labute approximate surface area is 151 Å². The Morgan fingerprint density at radius 1 is 0.962 bits per heavy atom. The SMILES string of the molecule is COc1cc(NC(=O)C2Oc3ccccc3OC2C)cc(OC)c1OC. The number of hydrogen-bond donors (Lipinski definition) is 1. The fourth-order valence-corrected chi connectivity index (χ4v) is 2.77. The van der Waals surface area contributed by atoms with Crippen molar-refractivity contribution in [2.24, 2.45) is 0 Å². The topological polar surface area (TPSA) is 75.3 Å². The van der Waals surface area contributed by atoms with Crippen LogP contribution in [0, 0.1) is 0 Å². The van der Waals surface area contributed by atoms with Gasteiger partial charge in [-0.15, -0.1) is 0 Å². The van der Waals surface area contributed by atoms with Crippen LogP contribution in [-0.4, -0.2) is 39.4 Å². The highest BCUT2D eigenvalue weighted by molar-refractivity contribution is 5.95. The molecule has 7 heteroatoms. The number of para-hydroxylation sites is 2. The van der Waals surface area contributed by atoms with Gasteiger partial charge in [-0.25, -0.2) is 0 Å². The molecule has 0 spiro atoms. The van der Waals surface area contributed by atoms with Crippen LogP contribution < -0.4 is 29.0 Å². The Hall–Kier alpha value is -3.09. The number of carbonyl (C=O) groups excluding carboxylic acids is 1. The molecule has 0 radical (unpaired) electrons. The number of ether oxygens (including phenoxy) is 5. The molecule has 26 heavy (non-hydrogen) atoms. The predicted molar refractivity (Wildman–Crippen MR) is 95.7 cm³/mol. The van der Waals surface area contributed by atoms with Crippen molar-refractivity contribution in [3.05, 3.63) is 36.4 Å². The summed E-state index contributed by atoms with van der Waals surface area (Å²) in [7, 11) is 4.55. The molecular weight excluding hydrogens is 338 g/mol. The molecule has 0 bridgehead atoms. The second-order valence-corrected chi connectivity index (χ2v) is 5.71. The third-order valence-corrected chi connectivity index (χ3v) is 4.03. The maximum atomic E-state index is 12.7. The van der Waals surface area contributed by atoms with Crippen LogP contribution in [-0.2, 0) is 4.79 Å². The maximum absolute atomic E-state index is 12.7. The summed E-state index contributed by atoms with van der Waals surface area (Å²) in [5, 5.41) is 2.81. The van der Waals surface area contributed by atoms with Gasteiger partial charge in [-0.05, 0) is 19.1 Å². The Morgan fingerprint density at radius 2 is 1.54 bits per heavy atom. The summed E-state index contributed by atoms with van der Waals surface area (Å²) in [5.41, 5.74) is 0.499. The van der Waals surface area contributed by atoms with Gasteiger partial charge in [-0.3, -0.25) is 4.79 Å². The van der Waals surface area contributed by atoms with Gasteiger partial charge in [-0.2, -0.15) is 0 Å². The molecule has 2 aromatic carbocycles. The molecule has 2 aromatic rings. The Bertz CT molecular complexity index is 781. The van der Waals surface area contributed by atoms with Crippen molar-refractivity contribution in [2.75, 3.05) is 26.6 Å². The highest BCUT2D eigenvalue weighted by Crippen LogP contribution is 2.40. The van der Waals surface area contributed by atoms with Gasteiger partial charge in [0.05, 0.1) is 21.3 Å².